The maximum atomic E-state index is 11.0. The van der Waals surface area contributed by atoms with Crippen molar-refractivity contribution in [1.29, 1.82) is 0 Å². The van der Waals surface area contributed by atoms with E-state index in [-0.39, 0.29) is 5.41 Å². The molecular weight excluding hydrogens is 204 g/mol. The Labute approximate surface area is 96.8 Å². The normalized spacial score (nSPS) is 15.0. The van der Waals surface area contributed by atoms with Gasteiger partial charge in [0, 0.05) is 6.42 Å². The summed E-state index contributed by atoms with van der Waals surface area (Å²) < 4.78 is 9.96. The zero-order chi connectivity index (χ0) is 12.2. The number of hydrogen-bond donors (Lipinski definition) is 0. The third kappa shape index (κ3) is 3.26. The Kier molecular flexibility index (Phi) is 4.39. The molecule has 0 saturated carbocycles. The van der Waals surface area contributed by atoms with Gasteiger partial charge in [0.2, 0.25) is 0 Å². The molecule has 0 radical (unpaired) electrons. The van der Waals surface area contributed by atoms with E-state index < -0.39 is 5.82 Å². The van der Waals surface area contributed by atoms with Crippen molar-refractivity contribution in [3.63, 3.8) is 0 Å². The molecule has 0 aliphatic carbocycles. The first kappa shape index (κ1) is 13.1. The van der Waals surface area contributed by atoms with Gasteiger partial charge >= 0.3 is 5.82 Å². The van der Waals surface area contributed by atoms with E-state index >= 15 is 0 Å². The molecule has 0 fully saturated rings. The van der Waals surface area contributed by atoms with E-state index in [9.17, 15) is 4.79 Å². The molecule has 0 saturated heterocycles. The van der Waals surface area contributed by atoms with Crippen LogP contribution in [0.1, 0.15) is 58.0 Å². The Morgan fingerprint density at radius 3 is 2.38 bits per heavy atom. The highest BCUT2D eigenvalue weighted by Crippen LogP contribution is 2.32. The molecule has 1 unspecified atom stereocenters. The third-order valence-corrected chi connectivity index (χ3v) is 3.41. The predicted octanol–water partition coefficient (Wildman–Crippen LogP) is 3.69. The molecule has 0 aliphatic rings. The highest BCUT2D eigenvalue weighted by atomic mass is 16.6. The molecule has 0 bridgehead atoms. The summed E-state index contributed by atoms with van der Waals surface area (Å²) in [5.41, 5.74) is 0.209. The fourth-order valence-electron chi connectivity index (χ4n) is 1.92. The lowest BCUT2D eigenvalue weighted by Crippen LogP contribution is -2.18. The van der Waals surface area contributed by atoms with Gasteiger partial charge in [-0.3, -0.25) is 0 Å². The maximum Gasteiger partial charge on any atom is 0.519 e. The van der Waals surface area contributed by atoms with E-state index in [0.717, 1.165) is 19.3 Å². The van der Waals surface area contributed by atoms with Gasteiger partial charge in [-0.25, -0.2) is 4.79 Å². The van der Waals surface area contributed by atoms with Gasteiger partial charge < -0.3 is 8.83 Å². The molecule has 1 aromatic heterocycles. The van der Waals surface area contributed by atoms with Gasteiger partial charge in [-0.15, -0.1) is 0 Å². The fraction of sp³-hybridized carbons (Fsp3) is 0.769. The number of rotatable bonds is 6. The fourth-order valence-corrected chi connectivity index (χ4v) is 1.92. The van der Waals surface area contributed by atoms with Crippen LogP contribution in [0.3, 0.4) is 0 Å². The Morgan fingerprint density at radius 2 is 1.94 bits per heavy atom. The number of aryl methyl sites for hydroxylation is 1. The van der Waals surface area contributed by atoms with Crippen molar-refractivity contribution in [3.8, 4) is 0 Å². The van der Waals surface area contributed by atoms with Crippen molar-refractivity contribution in [2.24, 2.45) is 5.41 Å². The average molecular weight is 226 g/mol. The molecule has 0 spiro atoms. The molecule has 0 N–H and O–H groups in total. The van der Waals surface area contributed by atoms with Gasteiger partial charge in [-0.2, -0.15) is 0 Å². The Morgan fingerprint density at radius 1 is 1.25 bits per heavy atom. The van der Waals surface area contributed by atoms with Crippen molar-refractivity contribution < 1.29 is 8.83 Å². The summed E-state index contributed by atoms with van der Waals surface area (Å²) >= 11 is 0. The van der Waals surface area contributed by atoms with Crippen LogP contribution in [0, 0.1) is 12.3 Å². The van der Waals surface area contributed by atoms with Crippen LogP contribution in [0.2, 0.25) is 0 Å². The molecule has 0 aromatic carbocycles. The Hall–Kier alpha value is -0.990. The zero-order valence-corrected chi connectivity index (χ0v) is 10.8. The molecule has 16 heavy (non-hydrogen) atoms. The van der Waals surface area contributed by atoms with Gasteiger partial charge in [-0.05, 0) is 18.8 Å². The Bertz CT molecular complexity index is 375. The monoisotopic (exact) mass is 226 g/mol. The molecule has 1 aromatic rings. The van der Waals surface area contributed by atoms with E-state index in [1.54, 1.807) is 6.92 Å². The van der Waals surface area contributed by atoms with Crippen LogP contribution in [-0.4, -0.2) is 0 Å². The van der Waals surface area contributed by atoms with Gasteiger partial charge in [0.15, 0.2) is 0 Å². The van der Waals surface area contributed by atoms with Crippen LogP contribution in [0.4, 0.5) is 0 Å². The first-order valence-corrected chi connectivity index (χ1v) is 6.10. The maximum absolute atomic E-state index is 11.0. The van der Waals surface area contributed by atoms with Crippen LogP contribution in [-0.2, 0) is 6.42 Å². The molecule has 92 valence electrons. The van der Waals surface area contributed by atoms with Crippen molar-refractivity contribution in [1.82, 2.24) is 0 Å². The van der Waals surface area contributed by atoms with Crippen molar-refractivity contribution in [2.45, 2.75) is 59.8 Å². The van der Waals surface area contributed by atoms with E-state index in [0.29, 0.717) is 11.5 Å². The molecule has 1 rings (SSSR count). The summed E-state index contributed by atoms with van der Waals surface area (Å²) in [6.45, 7) is 8.41. The summed E-state index contributed by atoms with van der Waals surface area (Å²) in [7, 11) is 0. The largest absolute Gasteiger partial charge is 0.519 e. The zero-order valence-electron chi connectivity index (χ0n) is 10.8. The molecule has 1 heterocycles. The SMILES string of the molecule is CCCCC(C)(CC)Cc1oc(=O)oc1C. The van der Waals surface area contributed by atoms with E-state index in [1.165, 1.54) is 12.8 Å². The summed E-state index contributed by atoms with van der Waals surface area (Å²) in [6.07, 6.45) is 5.45. The minimum absolute atomic E-state index is 0.209. The lowest BCUT2D eigenvalue weighted by Gasteiger charge is -2.27. The van der Waals surface area contributed by atoms with Crippen LogP contribution in [0.5, 0.6) is 0 Å². The second-order valence-electron chi connectivity index (χ2n) is 4.88. The highest BCUT2D eigenvalue weighted by molar-refractivity contribution is 5.03. The van der Waals surface area contributed by atoms with Crippen LogP contribution in [0.15, 0.2) is 13.6 Å². The van der Waals surface area contributed by atoms with Crippen LogP contribution >= 0.6 is 0 Å². The Balaban J connectivity index is 2.76. The minimum Gasteiger partial charge on any atom is -0.396 e. The first-order valence-electron chi connectivity index (χ1n) is 6.10. The second-order valence-corrected chi connectivity index (χ2v) is 4.88. The first-order chi connectivity index (χ1) is 7.50. The summed E-state index contributed by atoms with van der Waals surface area (Å²) in [5.74, 6) is 0.757. The molecule has 1 atom stereocenters. The predicted molar refractivity (Wildman–Crippen MR) is 63.6 cm³/mol. The molecule has 3 heteroatoms. The van der Waals surface area contributed by atoms with Crippen molar-refractivity contribution in [3.05, 3.63) is 22.1 Å². The van der Waals surface area contributed by atoms with Crippen molar-refractivity contribution >= 4 is 0 Å². The summed E-state index contributed by atoms with van der Waals surface area (Å²) in [5, 5.41) is 0. The lowest BCUT2D eigenvalue weighted by atomic mass is 9.78. The smallest absolute Gasteiger partial charge is 0.396 e. The molecule has 0 amide bonds. The quantitative estimate of drug-likeness (QED) is 0.743. The average Bonchev–Trinajstić information content (AvgIpc) is 2.54. The van der Waals surface area contributed by atoms with Gasteiger partial charge in [0.05, 0.1) is 0 Å². The standard InChI is InChI=1S/C13H22O3/c1-5-7-8-13(4,6-2)9-11-10(3)15-12(14)16-11/h5-9H2,1-4H3. The summed E-state index contributed by atoms with van der Waals surface area (Å²) in [6, 6.07) is 0. The number of unbranched alkanes of at least 4 members (excludes halogenated alkanes) is 1. The molecular formula is C13H22O3. The lowest BCUT2D eigenvalue weighted by molar-refractivity contribution is 0.250. The topological polar surface area (TPSA) is 43.4 Å². The second kappa shape index (κ2) is 5.37. The third-order valence-electron chi connectivity index (χ3n) is 3.41. The van der Waals surface area contributed by atoms with Gasteiger partial charge in [-0.1, -0.05) is 40.0 Å². The van der Waals surface area contributed by atoms with Crippen molar-refractivity contribution in [2.75, 3.05) is 0 Å². The molecule has 3 nitrogen and oxygen atoms in total. The minimum atomic E-state index is -0.582. The highest BCUT2D eigenvalue weighted by Gasteiger charge is 2.25. The summed E-state index contributed by atoms with van der Waals surface area (Å²) in [4.78, 5) is 11.0. The van der Waals surface area contributed by atoms with Crippen LogP contribution < -0.4 is 5.82 Å². The van der Waals surface area contributed by atoms with E-state index in [1.807, 2.05) is 0 Å². The molecule has 0 aliphatic heterocycles. The van der Waals surface area contributed by atoms with Gasteiger partial charge in [0.25, 0.3) is 0 Å². The van der Waals surface area contributed by atoms with Gasteiger partial charge in [0.1, 0.15) is 11.5 Å². The number of hydrogen-bond acceptors (Lipinski definition) is 3. The van der Waals surface area contributed by atoms with E-state index in [4.69, 9.17) is 8.83 Å². The van der Waals surface area contributed by atoms with E-state index in [2.05, 4.69) is 20.8 Å². The van der Waals surface area contributed by atoms with Crippen LogP contribution in [0.25, 0.3) is 0 Å².